The number of thiazole rings is 1. The molecule has 0 spiro atoms. The van der Waals surface area contributed by atoms with Gasteiger partial charge in [-0.1, -0.05) is 90.2 Å². The van der Waals surface area contributed by atoms with E-state index in [0.717, 1.165) is 45.9 Å². The number of carboxylic acid groups (broad SMARTS) is 1. The molecule has 3 aromatic heterocycles. The summed E-state index contributed by atoms with van der Waals surface area (Å²) >= 11 is 1.34. The Morgan fingerprint density at radius 3 is 2.31 bits per heavy atom. The van der Waals surface area contributed by atoms with Crippen LogP contribution in [0.2, 0.25) is 0 Å². The van der Waals surface area contributed by atoms with E-state index in [4.69, 9.17) is 15.0 Å². The monoisotopic (exact) mass is 571 g/mol. The van der Waals surface area contributed by atoms with Crippen molar-refractivity contribution >= 4 is 39.1 Å². The predicted molar refractivity (Wildman–Crippen MR) is 166 cm³/mol. The summed E-state index contributed by atoms with van der Waals surface area (Å²) in [5.41, 5.74) is 5.40. The topological polar surface area (TPSA) is 102 Å². The molecule has 9 heteroatoms. The Hall–Kier alpha value is -5.41. The van der Waals surface area contributed by atoms with Gasteiger partial charge in [0.2, 0.25) is 4.96 Å². The van der Waals surface area contributed by atoms with E-state index in [-0.39, 0.29) is 5.56 Å². The van der Waals surface area contributed by atoms with Crippen LogP contribution in [0.1, 0.15) is 18.1 Å². The van der Waals surface area contributed by atoms with Crippen LogP contribution < -0.4 is 10.1 Å². The summed E-state index contributed by atoms with van der Waals surface area (Å²) in [5.74, 6) is -0.272. The van der Waals surface area contributed by atoms with Crippen LogP contribution in [0, 0.1) is 6.92 Å². The number of hydrogen-bond acceptors (Lipinski definition) is 6. The molecule has 1 N–H and O–H groups in total. The van der Waals surface area contributed by atoms with Gasteiger partial charge in [0.05, 0.1) is 10.2 Å². The summed E-state index contributed by atoms with van der Waals surface area (Å²) in [6, 6.07) is 32.5. The number of fused-ring (bicyclic) bond motifs is 2. The number of carboxylic acids is 1. The molecule has 206 valence electrons. The molecule has 0 aliphatic heterocycles. The molecule has 0 atom stereocenters. The smallest absolute Gasteiger partial charge is 0.300 e. The molecule has 0 radical (unpaired) electrons. The molecule has 0 fully saturated rings. The molecule has 0 saturated heterocycles. The van der Waals surface area contributed by atoms with Crippen LogP contribution in [0.3, 0.4) is 0 Å². The van der Waals surface area contributed by atoms with Gasteiger partial charge in [-0.2, -0.15) is 14.6 Å². The number of aromatic nitrogens is 5. The van der Waals surface area contributed by atoms with Crippen LogP contribution in [-0.2, 0) is 4.79 Å². The normalized spacial score (nSPS) is 11.5. The van der Waals surface area contributed by atoms with Gasteiger partial charge in [-0.15, -0.1) is 5.10 Å². The average molecular weight is 572 g/mol. The zero-order valence-electron chi connectivity index (χ0n) is 22.8. The van der Waals surface area contributed by atoms with Gasteiger partial charge in [0, 0.05) is 29.8 Å². The van der Waals surface area contributed by atoms with Crippen LogP contribution in [0.4, 0.5) is 0 Å². The lowest BCUT2D eigenvalue weighted by Crippen LogP contribution is -2.23. The van der Waals surface area contributed by atoms with Gasteiger partial charge in [-0.25, -0.2) is 4.68 Å². The van der Waals surface area contributed by atoms with Crippen molar-refractivity contribution in [3.05, 3.63) is 129 Å². The minimum absolute atomic E-state index is 0.186. The number of aliphatic carboxylic acids is 1. The third kappa shape index (κ3) is 5.33. The summed E-state index contributed by atoms with van der Waals surface area (Å²) in [6.45, 7) is 3.10. The fraction of sp³-hybridized carbons (Fsp3) is 0.0606. The average Bonchev–Trinajstić information content (AvgIpc) is 3.68. The van der Waals surface area contributed by atoms with Crippen molar-refractivity contribution in [2.45, 2.75) is 13.8 Å². The van der Waals surface area contributed by atoms with Crippen molar-refractivity contribution in [1.29, 1.82) is 0 Å². The molecule has 7 rings (SSSR count). The first-order valence-electron chi connectivity index (χ1n) is 13.2. The molecule has 3 heterocycles. The summed E-state index contributed by atoms with van der Waals surface area (Å²) in [7, 11) is 0. The van der Waals surface area contributed by atoms with E-state index in [1.165, 1.54) is 21.2 Å². The SMILES string of the molecule is CC(=O)O.Cc1ccccc1-c1nc2s/c(=C\c3cn(-c4ccccc4)nc3-c3ccc4ccccc4c3)c(=O)n2n1. The standard InChI is InChI=1S/C31H21N5OS.C2H4O2/c1-20-9-5-8-14-26(20)29-32-31-36(34-29)30(37)27(38-31)18-24-19-35(25-12-3-2-4-13-25)33-28(24)23-16-15-21-10-6-7-11-22(21)17-23;1-2(3)4/h2-19H,1H3;1H3,(H,3,4)/b27-18-;. The number of carbonyl (C=O) groups is 1. The Kier molecular flexibility index (Phi) is 7.16. The Balaban J connectivity index is 0.000000744. The summed E-state index contributed by atoms with van der Waals surface area (Å²) < 4.78 is 3.81. The number of benzene rings is 4. The third-order valence-electron chi connectivity index (χ3n) is 6.64. The highest BCUT2D eigenvalue weighted by atomic mass is 32.1. The van der Waals surface area contributed by atoms with E-state index in [2.05, 4.69) is 40.4 Å². The second-order valence-electron chi connectivity index (χ2n) is 9.65. The number of para-hydroxylation sites is 1. The minimum atomic E-state index is -0.833. The summed E-state index contributed by atoms with van der Waals surface area (Å²) in [4.78, 5) is 27.6. The molecule has 8 nitrogen and oxygen atoms in total. The van der Waals surface area contributed by atoms with Crippen molar-refractivity contribution in [2.24, 2.45) is 0 Å². The Labute approximate surface area is 244 Å². The second-order valence-corrected chi connectivity index (χ2v) is 10.7. The molecule has 0 aliphatic rings. The molecule has 7 aromatic rings. The van der Waals surface area contributed by atoms with Gasteiger partial charge in [-0.05, 0) is 47.5 Å². The lowest BCUT2D eigenvalue weighted by atomic mass is 10.0. The van der Waals surface area contributed by atoms with Gasteiger partial charge in [0.15, 0.2) is 5.82 Å². The molecule has 0 bridgehead atoms. The fourth-order valence-electron chi connectivity index (χ4n) is 4.68. The summed E-state index contributed by atoms with van der Waals surface area (Å²) in [5, 5.41) is 19.2. The van der Waals surface area contributed by atoms with Crippen molar-refractivity contribution in [2.75, 3.05) is 0 Å². The molecule has 0 aliphatic carbocycles. The summed E-state index contributed by atoms with van der Waals surface area (Å²) in [6.07, 6.45) is 3.86. The van der Waals surface area contributed by atoms with Crippen LogP contribution in [0.15, 0.2) is 108 Å². The zero-order chi connectivity index (χ0) is 29.2. The highest BCUT2D eigenvalue weighted by molar-refractivity contribution is 7.15. The zero-order valence-corrected chi connectivity index (χ0v) is 23.6. The van der Waals surface area contributed by atoms with Gasteiger partial charge in [0.1, 0.15) is 5.69 Å². The fourth-order valence-corrected chi connectivity index (χ4v) is 5.58. The maximum Gasteiger partial charge on any atom is 0.300 e. The Morgan fingerprint density at radius 2 is 1.57 bits per heavy atom. The van der Waals surface area contributed by atoms with E-state index < -0.39 is 5.97 Å². The highest BCUT2D eigenvalue weighted by Crippen LogP contribution is 2.28. The first-order chi connectivity index (χ1) is 20.4. The van der Waals surface area contributed by atoms with E-state index in [9.17, 15) is 4.79 Å². The quantitative estimate of drug-likeness (QED) is 0.288. The molecule has 0 saturated carbocycles. The van der Waals surface area contributed by atoms with Crippen LogP contribution in [-0.4, -0.2) is 35.5 Å². The lowest BCUT2D eigenvalue weighted by molar-refractivity contribution is -0.134. The van der Waals surface area contributed by atoms with Gasteiger partial charge >= 0.3 is 0 Å². The lowest BCUT2D eigenvalue weighted by Gasteiger charge is -2.03. The van der Waals surface area contributed by atoms with Crippen molar-refractivity contribution in [3.63, 3.8) is 0 Å². The largest absolute Gasteiger partial charge is 0.481 e. The third-order valence-corrected chi connectivity index (χ3v) is 7.60. The molecular weight excluding hydrogens is 546 g/mol. The first kappa shape index (κ1) is 26.8. The first-order valence-corrected chi connectivity index (χ1v) is 14.0. The van der Waals surface area contributed by atoms with Crippen LogP contribution in [0.25, 0.3) is 50.1 Å². The maximum absolute atomic E-state index is 13.4. The number of nitrogens with zero attached hydrogens (tertiary/aromatic N) is 5. The van der Waals surface area contributed by atoms with E-state index in [0.29, 0.717) is 15.3 Å². The minimum Gasteiger partial charge on any atom is -0.481 e. The van der Waals surface area contributed by atoms with E-state index >= 15 is 0 Å². The number of rotatable bonds is 4. The van der Waals surface area contributed by atoms with Gasteiger partial charge in [0.25, 0.3) is 11.5 Å². The predicted octanol–water partition coefficient (Wildman–Crippen LogP) is 5.77. The van der Waals surface area contributed by atoms with Crippen molar-refractivity contribution in [1.82, 2.24) is 24.4 Å². The second kappa shape index (κ2) is 11.2. The Bertz CT molecular complexity index is 2180. The molecular formula is C33H25N5O3S. The van der Waals surface area contributed by atoms with Crippen molar-refractivity contribution < 1.29 is 9.90 Å². The molecule has 0 amide bonds. The van der Waals surface area contributed by atoms with E-state index in [1.54, 1.807) is 0 Å². The van der Waals surface area contributed by atoms with E-state index in [1.807, 2.05) is 90.6 Å². The number of aryl methyl sites for hydroxylation is 1. The Morgan fingerprint density at radius 1 is 0.881 bits per heavy atom. The maximum atomic E-state index is 13.4. The number of hydrogen-bond donors (Lipinski definition) is 1. The van der Waals surface area contributed by atoms with Crippen molar-refractivity contribution in [3.8, 4) is 28.3 Å². The van der Waals surface area contributed by atoms with Gasteiger partial charge < -0.3 is 5.11 Å². The van der Waals surface area contributed by atoms with Gasteiger partial charge in [-0.3, -0.25) is 9.59 Å². The van der Waals surface area contributed by atoms with Crippen LogP contribution >= 0.6 is 11.3 Å². The molecule has 42 heavy (non-hydrogen) atoms. The molecule has 4 aromatic carbocycles. The van der Waals surface area contributed by atoms with Crippen LogP contribution in [0.5, 0.6) is 0 Å². The highest BCUT2D eigenvalue weighted by Gasteiger charge is 2.16. The molecule has 0 unspecified atom stereocenters.